The number of rotatable bonds is 4. The Labute approximate surface area is 136 Å². The molecule has 0 amide bonds. The van der Waals surface area contributed by atoms with E-state index in [1.165, 1.54) is 18.2 Å². The number of hydrogen-bond acceptors (Lipinski definition) is 4. The third-order valence-corrected chi connectivity index (χ3v) is 3.38. The molecule has 0 radical (unpaired) electrons. The number of carboxylic acids is 1. The molecule has 0 fully saturated rings. The topological polar surface area (TPSA) is 92.5 Å². The highest BCUT2D eigenvalue weighted by Crippen LogP contribution is 2.30. The predicted molar refractivity (Wildman–Crippen MR) is 82.4 cm³/mol. The number of nitrogens with zero attached hydrogens (tertiary/aromatic N) is 1. The molecule has 2 rings (SSSR count). The van der Waals surface area contributed by atoms with Crippen LogP contribution in [0.3, 0.4) is 0 Å². The smallest absolute Gasteiger partial charge is 0.338 e. The number of anilines is 2. The summed E-state index contributed by atoms with van der Waals surface area (Å²) in [6, 6.07) is 5.30. The van der Waals surface area contributed by atoms with Gasteiger partial charge in [-0.2, -0.15) is 0 Å². The number of carboxylic acid groups (broad SMARTS) is 1. The number of aromatic carboxylic acids is 1. The van der Waals surface area contributed by atoms with Crippen molar-refractivity contribution in [3.8, 4) is 0 Å². The Morgan fingerprint density at radius 1 is 1.23 bits per heavy atom. The fourth-order valence-corrected chi connectivity index (χ4v) is 2.17. The number of nitro groups is 1. The maximum Gasteiger partial charge on any atom is 0.338 e. The van der Waals surface area contributed by atoms with Gasteiger partial charge in [-0.3, -0.25) is 10.1 Å². The third-order valence-electron chi connectivity index (χ3n) is 2.71. The number of halogens is 3. The van der Waals surface area contributed by atoms with Crippen LogP contribution in [0.15, 0.2) is 30.3 Å². The Morgan fingerprint density at radius 2 is 1.91 bits per heavy atom. The van der Waals surface area contributed by atoms with Gasteiger partial charge in [0, 0.05) is 9.64 Å². The van der Waals surface area contributed by atoms with Gasteiger partial charge in [-0.05, 0) is 40.8 Å². The lowest BCUT2D eigenvalue weighted by molar-refractivity contribution is -0.385. The zero-order valence-corrected chi connectivity index (χ0v) is 12.8. The molecule has 0 bridgehead atoms. The highest BCUT2D eigenvalue weighted by molar-refractivity contribution is 14.1. The molecule has 0 aliphatic carbocycles. The average Bonchev–Trinajstić information content (AvgIpc) is 2.42. The van der Waals surface area contributed by atoms with Crippen molar-refractivity contribution in [2.75, 3.05) is 5.32 Å². The molecule has 0 unspecified atom stereocenters. The molecule has 0 saturated carbocycles. The van der Waals surface area contributed by atoms with Crippen LogP contribution in [0.5, 0.6) is 0 Å². The van der Waals surface area contributed by atoms with Crippen LogP contribution in [-0.4, -0.2) is 16.0 Å². The molecule has 0 aliphatic heterocycles. The number of non-ortho nitro benzene ring substituents is 1. The minimum Gasteiger partial charge on any atom is -0.478 e. The van der Waals surface area contributed by atoms with E-state index in [2.05, 4.69) is 5.32 Å². The molecule has 0 atom stereocenters. The first-order valence-electron chi connectivity index (χ1n) is 5.73. The van der Waals surface area contributed by atoms with Crippen LogP contribution >= 0.6 is 22.6 Å². The molecule has 0 spiro atoms. The summed E-state index contributed by atoms with van der Waals surface area (Å²) in [7, 11) is 0. The summed E-state index contributed by atoms with van der Waals surface area (Å²) < 4.78 is 28.3. The van der Waals surface area contributed by atoms with E-state index in [9.17, 15) is 23.7 Å². The Balaban J connectivity index is 2.54. The van der Waals surface area contributed by atoms with Gasteiger partial charge in [0.25, 0.3) is 5.69 Å². The lowest BCUT2D eigenvalue weighted by atomic mass is 10.1. The molecular formula is C13H7F2IN2O4. The van der Waals surface area contributed by atoms with Crippen LogP contribution in [0, 0.1) is 25.3 Å². The minimum atomic E-state index is -1.57. The first-order chi connectivity index (χ1) is 10.3. The molecule has 0 saturated heterocycles. The van der Waals surface area contributed by atoms with E-state index < -0.39 is 39.5 Å². The van der Waals surface area contributed by atoms with Crippen molar-refractivity contribution in [1.82, 2.24) is 0 Å². The van der Waals surface area contributed by atoms with Gasteiger partial charge in [-0.1, -0.05) is 0 Å². The van der Waals surface area contributed by atoms with Gasteiger partial charge < -0.3 is 10.4 Å². The second-order valence-corrected chi connectivity index (χ2v) is 5.41. The highest BCUT2D eigenvalue weighted by Gasteiger charge is 2.22. The van der Waals surface area contributed by atoms with E-state index in [0.717, 1.165) is 0 Å². The lowest BCUT2D eigenvalue weighted by Crippen LogP contribution is -2.07. The van der Waals surface area contributed by atoms with Gasteiger partial charge in [-0.15, -0.1) is 0 Å². The average molecular weight is 420 g/mol. The van der Waals surface area contributed by atoms with E-state index in [0.29, 0.717) is 15.7 Å². The van der Waals surface area contributed by atoms with E-state index >= 15 is 0 Å². The van der Waals surface area contributed by atoms with Crippen LogP contribution in [0.1, 0.15) is 10.4 Å². The summed E-state index contributed by atoms with van der Waals surface area (Å²) in [6.45, 7) is 0. The van der Waals surface area contributed by atoms with Gasteiger partial charge in [-0.25, -0.2) is 13.6 Å². The van der Waals surface area contributed by atoms with Crippen LogP contribution in [-0.2, 0) is 0 Å². The molecule has 9 heteroatoms. The summed E-state index contributed by atoms with van der Waals surface area (Å²) in [5.41, 5.74) is -2.05. The van der Waals surface area contributed by atoms with Crippen molar-refractivity contribution < 1.29 is 23.6 Å². The zero-order chi connectivity index (χ0) is 16.4. The van der Waals surface area contributed by atoms with Crippen LogP contribution in [0.2, 0.25) is 0 Å². The quantitative estimate of drug-likeness (QED) is 0.445. The monoisotopic (exact) mass is 420 g/mol. The lowest BCUT2D eigenvalue weighted by Gasteiger charge is -2.11. The Hall–Kier alpha value is -2.30. The second kappa shape index (κ2) is 6.22. The molecular weight excluding hydrogens is 413 g/mol. The third kappa shape index (κ3) is 3.30. The molecule has 114 valence electrons. The van der Waals surface area contributed by atoms with Gasteiger partial charge >= 0.3 is 5.97 Å². The van der Waals surface area contributed by atoms with Gasteiger partial charge in [0.2, 0.25) is 0 Å². The maximum absolute atomic E-state index is 14.0. The molecule has 2 N–H and O–H groups in total. The molecule has 0 aliphatic rings. The van der Waals surface area contributed by atoms with Gasteiger partial charge in [0.05, 0.1) is 27.9 Å². The van der Waals surface area contributed by atoms with Gasteiger partial charge in [0.15, 0.2) is 5.82 Å². The number of carbonyl (C=O) groups is 1. The van der Waals surface area contributed by atoms with E-state index in [1.807, 2.05) is 22.6 Å². The molecule has 22 heavy (non-hydrogen) atoms. The number of nitrogens with one attached hydrogen (secondary N) is 1. The normalized spacial score (nSPS) is 10.3. The summed E-state index contributed by atoms with van der Waals surface area (Å²) in [5.74, 6) is -3.44. The van der Waals surface area contributed by atoms with E-state index in [-0.39, 0.29) is 5.69 Å². The maximum atomic E-state index is 14.0. The SMILES string of the molecule is O=C(O)c1cc([N+](=O)[O-])cc(F)c1Nc1ccc(I)cc1F. The number of hydrogen-bond donors (Lipinski definition) is 2. The summed E-state index contributed by atoms with van der Waals surface area (Å²) >= 11 is 1.88. The van der Waals surface area contributed by atoms with Crippen molar-refractivity contribution in [1.29, 1.82) is 0 Å². The first kappa shape index (κ1) is 16.1. The van der Waals surface area contributed by atoms with Crippen molar-refractivity contribution in [2.24, 2.45) is 0 Å². The van der Waals surface area contributed by atoms with Crippen LogP contribution < -0.4 is 5.32 Å². The van der Waals surface area contributed by atoms with E-state index in [4.69, 9.17) is 5.11 Å². The fraction of sp³-hybridized carbons (Fsp3) is 0. The molecule has 0 aromatic heterocycles. The van der Waals surface area contributed by atoms with Crippen molar-refractivity contribution in [3.05, 3.63) is 61.2 Å². The Kier molecular flexibility index (Phi) is 4.54. The summed E-state index contributed by atoms with van der Waals surface area (Å²) in [5, 5.41) is 22.0. The molecule has 2 aromatic rings. The van der Waals surface area contributed by atoms with Gasteiger partial charge in [0.1, 0.15) is 5.82 Å². The highest BCUT2D eigenvalue weighted by atomic mass is 127. The summed E-state index contributed by atoms with van der Waals surface area (Å²) in [6.07, 6.45) is 0. The van der Waals surface area contributed by atoms with Crippen LogP contribution in [0.25, 0.3) is 0 Å². The van der Waals surface area contributed by atoms with Crippen molar-refractivity contribution in [3.63, 3.8) is 0 Å². The van der Waals surface area contributed by atoms with Crippen molar-refractivity contribution in [2.45, 2.75) is 0 Å². The summed E-state index contributed by atoms with van der Waals surface area (Å²) in [4.78, 5) is 20.9. The Morgan fingerprint density at radius 3 is 2.45 bits per heavy atom. The second-order valence-electron chi connectivity index (χ2n) is 4.16. The minimum absolute atomic E-state index is 0.143. The molecule has 6 nitrogen and oxygen atoms in total. The molecule has 0 heterocycles. The number of nitro benzene ring substituents is 1. The standard InChI is InChI=1S/C13H7F2IN2O4/c14-9-3-6(16)1-2-11(9)17-12-8(13(19)20)4-7(18(21)22)5-10(12)15/h1-5,17H,(H,19,20). The first-order valence-corrected chi connectivity index (χ1v) is 6.80. The van der Waals surface area contributed by atoms with E-state index in [1.54, 1.807) is 0 Å². The van der Waals surface area contributed by atoms with Crippen molar-refractivity contribution >= 4 is 45.6 Å². The predicted octanol–water partition coefficient (Wildman–Crippen LogP) is 3.92. The fourth-order valence-electron chi connectivity index (χ4n) is 1.72. The zero-order valence-electron chi connectivity index (χ0n) is 10.6. The molecule has 2 aromatic carbocycles. The number of benzene rings is 2. The Bertz CT molecular complexity index is 783. The largest absolute Gasteiger partial charge is 0.478 e. The van der Waals surface area contributed by atoms with Crippen LogP contribution in [0.4, 0.5) is 25.8 Å².